The molecule has 0 radical (unpaired) electrons. The van der Waals surface area contributed by atoms with Gasteiger partial charge >= 0.3 is 0 Å². The number of nitro groups is 1. The number of nitrogens with zero attached hydrogens (tertiary/aromatic N) is 1. The van der Waals surface area contributed by atoms with Gasteiger partial charge in [0.1, 0.15) is 0 Å². The van der Waals surface area contributed by atoms with Crippen LogP contribution in [0, 0.1) is 10.1 Å². The minimum absolute atomic E-state index is 0.0904. The summed E-state index contributed by atoms with van der Waals surface area (Å²) in [6.07, 6.45) is 2.29. The summed E-state index contributed by atoms with van der Waals surface area (Å²) in [4.78, 5) is 23.1. The third-order valence-electron chi connectivity index (χ3n) is 3.18. The van der Waals surface area contributed by atoms with E-state index in [1.54, 1.807) is 25.3 Å². The Morgan fingerprint density at radius 1 is 1.55 bits per heavy atom. The molecule has 1 unspecified atom stereocenters. The van der Waals surface area contributed by atoms with Crippen LogP contribution < -0.4 is 5.32 Å². The fourth-order valence-electron chi connectivity index (χ4n) is 1.56. The van der Waals surface area contributed by atoms with Gasteiger partial charge in [-0.2, -0.15) is 0 Å². The highest BCUT2D eigenvalue weighted by molar-refractivity contribution is 7.98. The molecule has 6 nitrogen and oxygen atoms in total. The molecule has 20 heavy (non-hydrogen) atoms. The van der Waals surface area contributed by atoms with E-state index in [2.05, 4.69) is 5.32 Å². The topological polar surface area (TPSA) is 92.5 Å². The van der Waals surface area contributed by atoms with Gasteiger partial charge in [0, 0.05) is 11.6 Å². The maximum atomic E-state index is 12.1. The second-order valence-electron chi connectivity index (χ2n) is 4.67. The zero-order chi connectivity index (χ0) is 15.3. The molecular formula is C13H18N2O4S. The Balaban J connectivity index is 3.06. The molecule has 2 N–H and O–H groups in total. The lowest BCUT2D eigenvalue weighted by Gasteiger charge is -2.27. The van der Waals surface area contributed by atoms with E-state index in [1.165, 1.54) is 17.8 Å². The molecule has 0 aliphatic carbocycles. The molecule has 0 aliphatic heterocycles. The SMILES string of the molecule is CCC(C)(CO)NC(=O)c1ccc(SC)c([N+](=O)[O-])c1. The van der Waals surface area contributed by atoms with Crippen molar-refractivity contribution < 1.29 is 14.8 Å². The van der Waals surface area contributed by atoms with Crippen molar-refractivity contribution in [2.45, 2.75) is 30.7 Å². The Morgan fingerprint density at radius 3 is 2.65 bits per heavy atom. The molecule has 7 heteroatoms. The second-order valence-corrected chi connectivity index (χ2v) is 5.52. The third kappa shape index (κ3) is 3.71. The molecule has 110 valence electrons. The van der Waals surface area contributed by atoms with Crippen molar-refractivity contribution in [3.8, 4) is 0 Å². The second kappa shape index (κ2) is 6.71. The highest BCUT2D eigenvalue weighted by Gasteiger charge is 2.25. The first-order valence-corrected chi connectivity index (χ1v) is 7.35. The predicted octanol–water partition coefficient (Wildman–Crippen LogP) is 2.21. The summed E-state index contributed by atoms with van der Waals surface area (Å²) in [5, 5.41) is 22.9. The number of benzene rings is 1. The molecule has 1 amide bonds. The van der Waals surface area contributed by atoms with Crippen molar-refractivity contribution in [1.82, 2.24) is 5.32 Å². The number of thioether (sulfide) groups is 1. The van der Waals surface area contributed by atoms with Gasteiger partial charge in [-0.25, -0.2) is 0 Å². The average molecular weight is 298 g/mol. The van der Waals surface area contributed by atoms with Crippen molar-refractivity contribution in [2.75, 3.05) is 12.9 Å². The Bertz CT molecular complexity index is 515. The van der Waals surface area contributed by atoms with Gasteiger partial charge in [0.25, 0.3) is 11.6 Å². The smallest absolute Gasteiger partial charge is 0.283 e. The first-order chi connectivity index (χ1) is 9.36. The quantitative estimate of drug-likeness (QED) is 0.477. The Kier molecular flexibility index (Phi) is 5.52. The Morgan fingerprint density at radius 2 is 2.20 bits per heavy atom. The number of amides is 1. The van der Waals surface area contributed by atoms with Crippen LogP contribution in [0.2, 0.25) is 0 Å². The average Bonchev–Trinajstić information content (AvgIpc) is 2.46. The van der Waals surface area contributed by atoms with Gasteiger partial charge in [-0.1, -0.05) is 6.92 Å². The van der Waals surface area contributed by atoms with Crippen molar-refractivity contribution in [1.29, 1.82) is 0 Å². The molecule has 1 rings (SSSR count). The van der Waals surface area contributed by atoms with Gasteiger partial charge < -0.3 is 10.4 Å². The number of nitrogens with one attached hydrogen (secondary N) is 1. The summed E-state index contributed by atoms with van der Waals surface area (Å²) in [6.45, 7) is 3.37. The van der Waals surface area contributed by atoms with Gasteiger partial charge in [-0.05, 0) is 31.7 Å². The maximum absolute atomic E-state index is 12.1. The van der Waals surface area contributed by atoms with Crippen molar-refractivity contribution in [3.05, 3.63) is 33.9 Å². The van der Waals surface area contributed by atoms with Gasteiger partial charge in [0.15, 0.2) is 0 Å². The monoisotopic (exact) mass is 298 g/mol. The minimum atomic E-state index is -0.732. The zero-order valence-corrected chi connectivity index (χ0v) is 12.5. The van der Waals surface area contributed by atoms with E-state index in [9.17, 15) is 20.0 Å². The molecule has 1 aromatic carbocycles. The number of aliphatic hydroxyl groups excluding tert-OH is 1. The van der Waals surface area contributed by atoms with Crippen LogP contribution in [0.15, 0.2) is 23.1 Å². The van der Waals surface area contributed by atoms with Crippen LogP contribution in [0.4, 0.5) is 5.69 Å². The summed E-state index contributed by atoms with van der Waals surface area (Å²) in [5.74, 6) is -0.431. The summed E-state index contributed by atoms with van der Waals surface area (Å²) in [7, 11) is 0. The molecule has 0 fully saturated rings. The number of hydrogen-bond acceptors (Lipinski definition) is 5. The van der Waals surface area contributed by atoms with E-state index < -0.39 is 16.4 Å². The summed E-state index contributed by atoms with van der Waals surface area (Å²) < 4.78 is 0. The summed E-state index contributed by atoms with van der Waals surface area (Å²) in [6, 6.07) is 4.36. The fourth-order valence-corrected chi connectivity index (χ4v) is 2.11. The Labute approximate surface area is 121 Å². The largest absolute Gasteiger partial charge is 0.394 e. The first kappa shape index (κ1) is 16.5. The number of carbonyl (C=O) groups is 1. The molecule has 0 saturated carbocycles. The molecule has 1 aromatic rings. The first-order valence-electron chi connectivity index (χ1n) is 6.12. The van der Waals surface area contributed by atoms with Gasteiger partial charge in [0.05, 0.1) is 22.0 Å². The van der Waals surface area contributed by atoms with Crippen LogP contribution in [-0.2, 0) is 0 Å². The molecule has 0 heterocycles. The number of hydrogen-bond donors (Lipinski definition) is 2. The van der Waals surface area contributed by atoms with Gasteiger partial charge in [-0.3, -0.25) is 14.9 Å². The fraction of sp³-hybridized carbons (Fsp3) is 0.462. The third-order valence-corrected chi connectivity index (χ3v) is 3.97. The van der Waals surface area contributed by atoms with E-state index in [0.29, 0.717) is 11.3 Å². The van der Waals surface area contributed by atoms with Crippen molar-refractivity contribution >= 4 is 23.4 Å². The summed E-state index contributed by atoms with van der Waals surface area (Å²) in [5.41, 5.74) is -0.612. The number of aliphatic hydroxyl groups is 1. The Hall–Kier alpha value is -1.60. The lowest BCUT2D eigenvalue weighted by Crippen LogP contribution is -2.48. The van der Waals surface area contributed by atoms with Crippen LogP contribution >= 0.6 is 11.8 Å². The predicted molar refractivity (Wildman–Crippen MR) is 78.1 cm³/mol. The van der Waals surface area contributed by atoms with Crippen molar-refractivity contribution in [3.63, 3.8) is 0 Å². The van der Waals surface area contributed by atoms with Crippen molar-refractivity contribution in [2.24, 2.45) is 0 Å². The number of rotatable bonds is 6. The van der Waals surface area contributed by atoms with E-state index in [1.807, 2.05) is 6.92 Å². The lowest BCUT2D eigenvalue weighted by molar-refractivity contribution is -0.387. The molecular weight excluding hydrogens is 280 g/mol. The number of carbonyl (C=O) groups excluding carboxylic acids is 1. The molecule has 1 atom stereocenters. The van der Waals surface area contributed by atoms with Crippen LogP contribution in [0.5, 0.6) is 0 Å². The zero-order valence-electron chi connectivity index (χ0n) is 11.7. The standard InChI is InChI=1S/C13H18N2O4S/c1-4-13(2,8-16)14-12(17)9-5-6-11(20-3)10(7-9)15(18)19/h5-7,16H,4,8H2,1-3H3,(H,14,17). The highest BCUT2D eigenvalue weighted by Crippen LogP contribution is 2.28. The highest BCUT2D eigenvalue weighted by atomic mass is 32.2. The number of nitro benzene ring substituents is 1. The van der Waals surface area contributed by atoms with Crippen LogP contribution in [0.1, 0.15) is 30.6 Å². The van der Waals surface area contributed by atoms with Crippen LogP contribution in [-0.4, -0.2) is 34.3 Å². The van der Waals surface area contributed by atoms with Gasteiger partial charge in [-0.15, -0.1) is 11.8 Å². The van der Waals surface area contributed by atoms with Crippen LogP contribution in [0.25, 0.3) is 0 Å². The minimum Gasteiger partial charge on any atom is -0.394 e. The molecule has 0 aromatic heterocycles. The molecule has 0 spiro atoms. The van der Waals surface area contributed by atoms with E-state index >= 15 is 0 Å². The van der Waals surface area contributed by atoms with Crippen LogP contribution in [0.3, 0.4) is 0 Å². The van der Waals surface area contributed by atoms with E-state index in [4.69, 9.17) is 0 Å². The van der Waals surface area contributed by atoms with E-state index in [0.717, 1.165) is 0 Å². The maximum Gasteiger partial charge on any atom is 0.283 e. The normalized spacial score (nSPS) is 13.6. The molecule has 0 aliphatic rings. The summed E-state index contributed by atoms with van der Waals surface area (Å²) >= 11 is 1.25. The molecule has 0 saturated heterocycles. The lowest BCUT2D eigenvalue weighted by atomic mass is 9.99. The van der Waals surface area contributed by atoms with E-state index in [-0.39, 0.29) is 17.9 Å². The van der Waals surface area contributed by atoms with Gasteiger partial charge in [0.2, 0.25) is 0 Å². The molecule has 0 bridgehead atoms.